The van der Waals surface area contributed by atoms with Crippen molar-refractivity contribution in [2.45, 2.75) is 24.2 Å². The van der Waals surface area contributed by atoms with Crippen LogP contribution < -0.4 is 10.5 Å². The van der Waals surface area contributed by atoms with E-state index in [1.807, 2.05) is 12.3 Å². The largest absolute Gasteiger partial charge is 0.326 e. The first-order chi connectivity index (χ1) is 8.53. The van der Waals surface area contributed by atoms with Crippen LogP contribution in [0.15, 0.2) is 21.2 Å². The topological polar surface area (TPSA) is 85.1 Å². The van der Waals surface area contributed by atoms with Crippen LogP contribution in [0, 0.1) is 6.92 Å². The van der Waals surface area contributed by atoms with Crippen molar-refractivity contribution in [3.63, 3.8) is 0 Å². The zero-order valence-corrected chi connectivity index (χ0v) is 12.2. The summed E-state index contributed by atoms with van der Waals surface area (Å²) in [5.41, 5.74) is 8.85. The number of aryl methyl sites for hydroxylation is 1. The van der Waals surface area contributed by atoms with Crippen molar-refractivity contribution in [2.75, 3.05) is 0 Å². The molecule has 0 saturated carbocycles. The highest BCUT2D eigenvalue weighted by Gasteiger charge is 2.18. The van der Waals surface area contributed by atoms with Gasteiger partial charge in [0.15, 0.2) is 0 Å². The molecule has 0 unspecified atom stereocenters. The molecule has 0 atom stereocenters. The molecule has 0 radical (unpaired) electrons. The van der Waals surface area contributed by atoms with Crippen molar-refractivity contribution in [3.05, 3.63) is 33.1 Å². The van der Waals surface area contributed by atoms with E-state index in [1.54, 1.807) is 11.6 Å². The maximum absolute atomic E-state index is 12.0. The lowest BCUT2D eigenvalue weighted by molar-refractivity contribution is 0.582. The van der Waals surface area contributed by atoms with Crippen LogP contribution >= 0.6 is 22.7 Å². The zero-order chi connectivity index (χ0) is 13.2. The predicted molar refractivity (Wildman–Crippen MR) is 73.1 cm³/mol. The van der Waals surface area contributed by atoms with Crippen LogP contribution in [0.1, 0.15) is 16.1 Å². The van der Waals surface area contributed by atoms with E-state index in [0.717, 1.165) is 16.1 Å². The van der Waals surface area contributed by atoms with E-state index in [-0.39, 0.29) is 6.54 Å². The third-order valence-corrected chi connectivity index (χ3v) is 6.14. The summed E-state index contributed by atoms with van der Waals surface area (Å²) in [4.78, 5) is 4.92. The first-order valence-corrected chi connectivity index (χ1v) is 8.43. The SMILES string of the molecule is Cc1cc(S(=O)(=O)NCc2cscn2)sc1CN. The molecule has 0 aromatic carbocycles. The van der Waals surface area contributed by atoms with Crippen molar-refractivity contribution in [2.24, 2.45) is 5.73 Å². The molecule has 0 fully saturated rings. The number of sulfonamides is 1. The van der Waals surface area contributed by atoms with Crippen LogP contribution in [0.4, 0.5) is 0 Å². The second-order valence-corrected chi connectivity index (χ2v) is 7.53. The molecule has 2 heterocycles. The summed E-state index contributed by atoms with van der Waals surface area (Å²) in [6.07, 6.45) is 0. The highest BCUT2D eigenvalue weighted by Crippen LogP contribution is 2.25. The molecule has 98 valence electrons. The monoisotopic (exact) mass is 303 g/mol. The van der Waals surface area contributed by atoms with Crippen molar-refractivity contribution in [3.8, 4) is 0 Å². The molecule has 0 saturated heterocycles. The van der Waals surface area contributed by atoms with Gasteiger partial charge in [0, 0.05) is 16.8 Å². The van der Waals surface area contributed by atoms with Gasteiger partial charge in [-0.05, 0) is 18.6 Å². The summed E-state index contributed by atoms with van der Waals surface area (Å²) in [5.74, 6) is 0. The Labute approximate surface area is 114 Å². The van der Waals surface area contributed by atoms with Gasteiger partial charge in [-0.15, -0.1) is 22.7 Å². The van der Waals surface area contributed by atoms with Crippen LogP contribution in [0.3, 0.4) is 0 Å². The summed E-state index contributed by atoms with van der Waals surface area (Å²) in [6.45, 7) is 2.43. The molecule has 3 N–H and O–H groups in total. The van der Waals surface area contributed by atoms with Gasteiger partial charge in [0.05, 0.1) is 17.7 Å². The van der Waals surface area contributed by atoms with Crippen LogP contribution in [-0.4, -0.2) is 13.4 Å². The number of rotatable bonds is 5. The number of thiophene rings is 1. The van der Waals surface area contributed by atoms with Gasteiger partial charge < -0.3 is 5.73 Å². The molecule has 0 aliphatic carbocycles. The first-order valence-electron chi connectivity index (χ1n) is 5.19. The molecule has 0 bridgehead atoms. The Morgan fingerprint density at radius 2 is 2.28 bits per heavy atom. The molecule has 0 amide bonds. The Kier molecular flexibility index (Phi) is 4.13. The normalized spacial score (nSPS) is 11.9. The van der Waals surface area contributed by atoms with Crippen LogP contribution in [0.2, 0.25) is 0 Å². The number of nitrogens with one attached hydrogen (secondary N) is 1. The van der Waals surface area contributed by atoms with E-state index in [9.17, 15) is 8.42 Å². The minimum absolute atomic E-state index is 0.209. The van der Waals surface area contributed by atoms with E-state index in [2.05, 4.69) is 9.71 Å². The van der Waals surface area contributed by atoms with Gasteiger partial charge in [-0.1, -0.05) is 0 Å². The zero-order valence-electron chi connectivity index (χ0n) is 9.71. The molecule has 5 nitrogen and oxygen atoms in total. The molecule has 0 aliphatic rings. The highest BCUT2D eigenvalue weighted by atomic mass is 32.2. The lowest BCUT2D eigenvalue weighted by Crippen LogP contribution is -2.22. The van der Waals surface area contributed by atoms with E-state index in [0.29, 0.717) is 10.8 Å². The van der Waals surface area contributed by atoms with Gasteiger partial charge in [0.1, 0.15) is 4.21 Å². The first kappa shape index (κ1) is 13.6. The molecule has 2 aromatic heterocycles. The molecule has 8 heteroatoms. The van der Waals surface area contributed by atoms with Gasteiger partial charge in [-0.3, -0.25) is 0 Å². The van der Waals surface area contributed by atoms with Gasteiger partial charge in [-0.2, -0.15) is 0 Å². The fourth-order valence-corrected chi connectivity index (χ4v) is 4.46. The van der Waals surface area contributed by atoms with Gasteiger partial charge in [0.2, 0.25) is 10.0 Å². The summed E-state index contributed by atoms with van der Waals surface area (Å²) in [5, 5.41) is 1.81. The van der Waals surface area contributed by atoms with Crippen LogP contribution in [0.25, 0.3) is 0 Å². The lowest BCUT2D eigenvalue weighted by Gasteiger charge is -2.02. The maximum atomic E-state index is 12.0. The van der Waals surface area contributed by atoms with Crippen LogP contribution in [-0.2, 0) is 23.1 Å². The highest BCUT2D eigenvalue weighted by molar-refractivity contribution is 7.91. The third kappa shape index (κ3) is 2.96. The summed E-state index contributed by atoms with van der Waals surface area (Å²) >= 11 is 2.65. The quantitative estimate of drug-likeness (QED) is 0.875. The van der Waals surface area contributed by atoms with Crippen molar-refractivity contribution in [1.29, 1.82) is 0 Å². The lowest BCUT2D eigenvalue weighted by atomic mass is 10.3. The average Bonchev–Trinajstić information content (AvgIpc) is 2.95. The third-order valence-electron chi connectivity index (χ3n) is 2.38. The molecular weight excluding hydrogens is 290 g/mol. The predicted octanol–water partition coefficient (Wildman–Crippen LogP) is 1.45. The minimum Gasteiger partial charge on any atom is -0.326 e. The van der Waals surface area contributed by atoms with E-state index in [4.69, 9.17) is 5.73 Å². The van der Waals surface area contributed by atoms with Crippen molar-refractivity contribution >= 4 is 32.7 Å². The summed E-state index contributed by atoms with van der Waals surface area (Å²) < 4.78 is 26.9. The number of hydrogen-bond acceptors (Lipinski definition) is 6. The van der Waals surface area contributed by atoms with Gasteiger partial charge in [-0.25, -0.2) is 18.1 Å². The van der Waals surface area contributed by atoms with E-state index in [1.165, 1.54) is 22.7 Å². The van der Waals surface area contributed by atoms with Gasteiger partial charge in [0.25, 0.3) is 0 Å². The Morgan fingerprint density at radius 3 is 2.83 bits per heavy atom. The molecular formula is C10H13N3O2S3. The second kappa shape index (κ2) is 5.45. The van der Waals surface area contributed by atoms with Gasteiger partial charge >= 0.3 is 0 Å². The average molecular weight is 303 g/mol. The van der Waals surface area contributed by atoms with E-state index < -0.39 is 10.0 Å². The number of nitrogens with zero attached hydrogens (tertiary/aromatic N) is 1. The van der Waals surface area contributed by atoms with Crippen molar-refractivity contribution in [1.82, 2.24) is 9.71 Å². The fraction of sp³-hybridized carbons (Fsp3) is 0.300. The summed E-state index contributed by atoms with van der Waals surface area (Å²) in [7, 11) is -3.47. The number of nitrogens with two attached hydrogens (primary N) is 1. The number of thiazole rings is 1. The Bertz CT molecular complexity index is 617. The smallest absolute Gasteiger partial charge is 0.250 e. The Balaban J connectivity index is 2.14. The minimum atomic E-state index is -3.47. The second-order valence-electron chi connectivity index (χ2n) is 3.68. The maximum Gasteiger partial charge on any atom is 0.250 e. The number of hydrogen-bond donors (Lipinski definition) is 2. The Hall–Kier alpha value is -0.800. The molecule has 2 aromatic rings. The summed E-state index contributed by atoms with van der Waals surface area (Å²) in [6, 6.07) is 1.65. The Morgan fingerprint density at radius 1 is 1.50 bits per heavy atom. The molecule has 0 spiro atoms. The fourth-order valence-electron chi connectivity index (χ4n) is 1.39. The van der Waals surface area contributed by atoms with Crippen molar-refractivity contribution < 1.29 is 8.42 Å². The molecule has 0 aliphatic heterocycles. The number of aromatic nitrogens is 1. The molecule has 2 rings (SSSR count). The molecule has 18 heavy (non-hydrogen) atoms. The van der Waals surface area contributed by atoms with Crippen LogP contribution in [0.5, 0.6) is 0 Å². The standard InChI is InChI=1S/C10H13N3O2S3/c1-7-2-10(17-9(7)3-11)18(14,15)13-4-8-5-16-6-12-8/h2,5-6,13H,3-4,11H2,1H3. The van der Waals surface area contributed by atoms with E-state index >= 15 is 0 Å².